The van der Waals surface area contributed by atoms with Crippen molar-refractivity contribution in [3.63, 3.8) is 0 Å². The lowest BCUT2D eigenvalue weighted by atomic mass is 9.99. The maximum absolute atomic E-state index is 10.3. The Hall–Kier alpha value is -0.320. The third kappa shape index (κ3) is 3.92. The maximum Gasteiger partial charge on any atom is 0.149 e. The minimum absolute atomic E-state index is 0.596. The molecule has 0 aliphatic carbocycles. The predicted molar refractivity (Wildman–Crippen MR) is 68.3 cm³/mol. The summed E-state index contributed by atoms with van der Waals surface area (Å²) in [5, 5.41) is 13.6. The van der Waals surface area contributed by atoms with E-state index >= 15 is 0 Å². The summed E-state index contributed by atoms with van der Waals surface area (Å²) in [5.74, 6) is 1.22. The molecule has 1 aromatic rings. The van der Waals surface area contributed by atoms with Crippen molar-refractivity contribution in [2.24, 2.45) is 5.92 Å². The van der Waals surface area contributed by atoms with Gasteiger partial charge < -0.3 is 14.8 Å². The molecule has 0 bridgehead atoms. The molecule has 0 saturated heterocycles. The van der Waals surface area contributed by atoms with Crippen LogP contribution >= 0.6 is 15.9 Å². The fourth-order valence-electron chi connectivity index (χ4n) is 1.51. The molecular weight excluding hydrogens is 270 g/mol. The molecule has 0 aliphatic heterocycles. The number of halogens is 1. The number of furan rings is 1. The Bertz CT molecular complexity index is 321. The van der Waals surface area contributed by atoms with Crippen LogP contribution in [-0.4, -0.2) is 18.2 Å². The second kappa shape index (κ2) is 5.84. The van der Waals surface area contributed by atoms with Gasteiger partial charge in [-0.1, -0.05) is 13.8 Å². The first-order valence-electron chi connectivity index (χ1n) is 5.60. The van der Waals surface area contributed by atoms with Gasteiger partial charge in [-0.3, -0.25) is 0 Å². The third-order valence-corrected chi connectivity index (χ3v) is 3.07. The number of rotatable bonds is 6. The highest BCUT2D eigenvalue weighted by Gasteiger charge is 2.28. The van der Waals surface area contributed by atoms with E-state index in [1.807, 2.05) is 0 Å². The van der Waals surface area contributed by atoms with Gasteiger partial charge in [-0.2, -0.15) is 0 Å². The predicted octanol–water partition coefficient (Wildman–Crippen LogP) is 2.89. The van der Waals surface area contributed by atoms with Gasteiger partial charge in [0.15, 0.2) is 0 Å². The average molecular weight is 290 g/mol. The smallest absolute Gasteiger partial charge is 0.149 e. The highest BCUT2D eigenvalue weighted by Crippen LogP contribution is 2.31. The van der Waals surface area contributed by atoms with Gasteiger partial charge in [0.1, 0.15) is 11.4 Å². The van der Waals surface area contributed by atoms with Crippen LogP contribution in [0.25, 0.3) is 0 Å². The van der Waals surface area contributed by atoms with E-state index in [0.29, 0.717) is 18.1 Å². The zero-order valence-corrected chi connectivity index (χ0v) is 11.7. The van der Waals surface area contributed by atoms with Gasteiger partial charge in [0.05, 0.1) is 10.7 Å². The summed E-state index contributed by atoms with van der Waals surface area (Å²) >= 11 is 3.36. The molecule has 3 nitrogen and oxygen atoms in total. The van der Waals surface area contributed by atoms with Crippen LogP contribution in [0.15, 0.2) is 21.2 Å². The maximum atomic E-state index is 10.3. The molecule has 0 fully saturated rings. The van der Waals surface area contributed by atoms with E-state index in [1.165, 1.54) is 0 Å². The van der Waals surface area contributed by atoms with Crippen LogP contribution in [0.3, 0.4) is 0 Å². The highest BCUT2D eigenvalue weighted by atomic mass is 79.9. The Kier molecular flexibility index (Phi) is 5.02. The van der Waals surface area contributed by atoms with Gasteiger partial charge in [-0.05, 0) is 54.3 Å². The van der Waals surface area contributed by atoms with Gasteiger partial charge >= 0.3 is 0 Å². The molecule has 0 radical (unpaired) electrons. The largest absolute Gasteiger partial charge is 0.465 e. The van der Waals surface area contributed by atoms with Crippen molar-refractivity contribution in [2.75, 3.05) is 13.1 Å². The third-order valence-electron chi connectivity index (χ3n) is 2.45. The molecule has 1 heterocycles. The van der Waals surface area contributed by atoms with E-state index in [9.17, 15) is 5.11 Å². The molecule has 0 saturated carbocycles. The molecule has 1 unspecified atom stereocenters. The second-order valence-electron chi connectivity index (χ2n) is 4.72. The van der Waals surface area contributed by atoms with Gasteiger partial charge in [-0.15, -0.1) is 0 Å². The molecule has 0 amide bonds. The first-order valence-corrected chi connectivity index (χ1v) is 6.39. The normalized spacial score (nSPS) is 15.4. The molecule has 0 spiro atoms. The fourth-order valence-corrected chi connectivity index (χ4v) is 2.14. The van der Waals surface area contributed by atoms with Gasteiger partial charge in [-0.25, -0.2) is 0 Å². The Labute approximate surface area is 105 Å². The molecule has 2 N–H and O–H groups in total. The number of hydrogen-bond acceptors (Lipinski definition) is 3. The average Bonchev–Trinajstić information content (AvgIpc) is 2.59. The second-order valence-corrected chi connectivity index (χ2v) is 5.57. The lowest BCUT2D eigenvalue weighted by molar-refractivity contribution is 0.0246. The topological polar surface area (TPSA) is 45.4 Å². The van der Waals surface area contributed by atoms with Crippen molar-refractivity contribution in [3.8, 4) is 0 Å². The van der Waals surface area contributed by atoms with Crippen molar-refractivity contribution >= 4 is 15.9 Å². The zero-order chi connectivity index (χ0) is 12.2. The molecule has 1 aromatic heterocycles. The summed E-state index contributed by atoms with van der Waals surface area (Å²) in [7, 11) is 0. The van der Waals surface area contributed by atoms with Gasteiger partial charge in [0.25, 0.3) is 0 Å². The van der Waals surface area contributed by atoms with Gasteiger partial charge in [0, 0.05) is 0 Å². The van der Waals surface area contributed by atoms with E-state index in [-0.39, 0.29) is 0 Å². The molecular formula is C12H20BrNO2. The Morgan fingerprint density at radius 2 is 2.25 bits per heavy atom. The monoisotopic (exact) mass is 289 g/mol. The van der Waals surface area contributed by atoms with Crippen molar-refractivity contribution < 1.29 is 9.52 Å². The summed E-state index contributed by atoms with van der Waals surface area (Å²) < 4.78 is 6.10. The molecule has 16 heavy (non-hydrogen) atoms. The summed E-state index contributed by atoms with van der Waals surface area (Å²) in [4.78, 5) is 0. The van der Waals surface area contributed by atoms with E-state index in [4.69, 9.17) is 4.42 Å². The molecule has 92 valence electrons. The number of hydrogen-bond donors (Lipinski definition) is 2. The minimum atomic E-state index is -0.924. The first kappa shape index (κ1) is 13.7. The summed E-state index contributed by atoms with van der Waals surface area (Å²) in [6, 6.07) is 1.80. The van der Waals surface area contributed by atoms with Crippen molar-refractivity contribution in [1.29, 1.82) is 0 Å². The van der Waals surface area contributed by atoms with E-state index in [1.54, 1.807) is 19.3 Å². The quantitative estimate of drug-likeness (QED) is 0.792. The van der Waals surface area contributed by atoms with Crippen molar-refractivity contribution in [1.82, 2.24) is 5.32 Å². The van der Waals surface area contributed by atoms with Crippen LogP contribution < -0.4 is 5.32 Å². The molecule has 1 rings (SSSR count). The first-order chi connectivity index (χ1) is 7.43. The van der Waals surface area contributed by atoms with Crippen LogP contribution in [0, 0.1) is 5.92 Å². The zero-order valence-electron chi connectivity index (χ0n) is 10.1. The lowest BCUT2D eigenvalue weighted by Gasteiger charge is -2.21. The molecule has 0 aliphatic rings. The minimum Gasteiger partial charge on any atom is -0.465 e. The molecule has 1 atom stereocenters. The summed E-state index contributed by atoms with van der Waals surface area (Å²) in [6.45, 7) is 7.84. The SMILES string of the molecule is CC(C)CNCCC(C)(O)c1occc1Br. The van der Waals surface area contributed by atoms with Crippen molar-refractivity contribution in [3.05, 3.63) is 22.6 Å². The highest BCUT2D eigenvalue weighted by molar-refractivity contribution is 9.10. The Balaban J connectivity index is 2.43. The summed E-state index contributed by atoms with van der Waals surface area (Å²) in [5.41, 5.74) is -0.924. The van der Waals surface area contributed by atoms with Gasteiger partial charge in [0.2, 0.25) is 0 Å². The van der Waals surface area contributed by atoms with Crippen LogP contribution in [0.1, 0.15) is 33.0 Å². The van der Waals surface area contributed by atoms with Crippen LogP contribution in [0.2, 0.25) is 0 Å². The fraction of sp³-hybridized carbons (Fsp3) is 0.667. The Morgan fingerprint density at radius 3 is 2.75 bits per heavy atom. The molecule has 0 aromatic carbocycles. The molecule has 4 heteroatoms. The summed E-state index contributed by atoms with van der Waals surface area (Å²) in [6.07, 6.45) is 2.21. The van der Waals surface area contributed by atoms with Crippen molar-refractivity contribution in [2.45, 2.75) is 32.8 Å². The van der Waals surface area contributed by atoms with Crippen LogP contribution in [0.4, 0.5) is 0 Å². The standard InChI is InChI=1S/C12H20BrNO2/c1-9(2)8-14-6-5-12(3,15)11-10(13)4-7-16-11/h4,7,9,14-15H,5-6,8H2,1-3H3. The van der Waals surface area contributed by atoms with E-state index in [0.717, 1.165) is 17.6 Å². The Morgan fingerprint density at radius 1 is 1.56 bits per heavy atom. The number of aliphatic hydroxyl groups is 1. The van der Waals surface area contributed by atoms with Crippen LogP contribution in [0.5, 0.6) is 0 Å². The van der Waals surface area contributed by atoms with E-state index in [2.05, 4.69) is 35.1 Å². The lowest BCUT2D eigenvalue weighted by Crippen LogP contribution is -2.29. The van der Waals surface area contributed by atoms with E-state index < -0.39 is 5.60 Å². The van der Waals surface area contributed by atoms with Crippen LogP contribution in [-0.2, 0) is 5.60 Å². The number of nitrogens with one attached hydrogen (secondary N) is 1.